The van der Waals surface area contributed by atoms with Crippen LogP contribution in [0.1, 0.15) is 5.56 Å². The van der Waals surface area contributed by atoms with Crippen LogP contribution in [-0.2, 0) is 4.79 Å². The molecular weight excluding hydrogens is 302 g/mol. The lowest BCUT2D eigenvalue weighted by molar-refractivity contribution is -0.112. The lowest BCUT2D eigenvalue weighted by Gasteiger charge is -2.08. The van der Waals surface area contributed by atoms with Crippen molar-refractivity contribution >= 4 is 28.5 Å². The number of nitrogens with zero attached hydrogens (tertiary/aromatic N) is 2. The third-order valence-corrected chi connectivity index (χ3v) is 3.42. The number of methoxy groups -OCH3 is 2. The number of benzene rings is 1. The van der Waals surface area contributed by atoms with Gasteiger partial charge in [0.15, 0.2) is 16.6 Å². The highest BCUT2D eigenvalue weighted by Crippen LogP contribution is 2.28. The maximum absolute atomic E-state index is 12.0. The van der Waals surface area contributed by atoms with Gasteiger partial charge in [0.25, 0.3) is 5.91 Å². The predicted molar refractivity (Wildman–Crippen MR) is 83.9 cm³/mol. The highest BCUT2D eigenvalue weighted by atomic mass is 32.1. The van der Waals surface area contributed by atoms with Gasteiger partial charge >= 0.3 is 0 Å². The highest BCUT2D eigenvalue weighted by molar-refractivity contribution is 7.13. The number of hydrogen-bond acceptors (Lipinski definition) is 6. The molecule has 0 spiro atoms. The van der Waals surface area contributed by atoms with Crippen LogP contribution in [0.5, 0.6) is 11.5 Å². The highest BCUT2D eigenvalue weighted by Gasteiger charge is 2.11. The van der Waals surface area contributed by atoms with E-state index in [0.717, 1.165) is 0 Å². The van der Waals surface area contributed by atoms with Crippen molar-refractivity contribution in [3.05, 3.63) is 40.9 Å². The van der Waals surface area contributed by atoms with E-state index >= 15 is 0 Å². The molecule has 0 radical (unpaired) electrons. The molecule has 112 valence electrons. The Bertz CT molecular complexity index is 733. The second-order valence-corrected chi connectivity index (χ2v) is 4.97. The number of aromatic nitrogens is 1. The van der Waals surface area contributed by atoms with Crippen LogP contribution >= 0.6 is 11.3 Å². The molecule has 7 heteroatoms. The minimum absolute atomic E-state index is 0.0255. The Morgan fingerprint density at radius 1 is 1.36 bits per heavy atom. The lowest BCUT2D eigenvalue weighted by Crippen LogP contribution is -2.13. The first-order valence-electron chi connectivity index (χ1n) is 6.22. The summed E-state index contributed by atoms with van der Waals surface area (Å²) in [5.41, 5.74) is 0.630. The van der Waals surface area contributed by atoms with Crippen LogP contribution in [0.3, 0.4) is 0 Å². The fraction of sp³-hybridized carbons (Fsp3) is 0.133. The molecule has 1 heterocycles. The van der Waals surface area contributed by atoms with Crippen molar-refractivity contribution in [1.82, 2.24) is 4.98 Å². The number of rotatable bonds is 5. The summed E-state index contributed by atoms with van der Waals surface area (Å²) in [6.07, 6.45) is 3.05. The zero-order valence-electron chi connectivity index (χ0n) is 12.0. The summed E-state index contributed by atoms with van der Waals surface area (Å²) in [6.45, 7) is 0. The molecule has 2 rings (SSSR count). The van der Waals surface area contributed by atoms with Crippen molar-refractivity contribution in [2.75, 3.05) is 19.5 Å². The molecule has 2 aromatic rings. The largest absolute Gasteiger partial charge is 0.493 e. The SMILES string of the molecule is COc1ccc(C=C(C#N)C(=O)Nc2nccs2)cc1OC. The molecule has 0 bridgehead atoms. The molecule has 0 aliphatic rings. The molecule has 0 atom stereocenters. The Kier molecular flexibility index (Phi) is 5.11. The standard InChI is InChI=1S/C15H13N3O3S/c1-20-12-4-3-10(8-13(12)21-2)7-11(9-16)14(19)18-15-17-5-6-22-15/h3-8H,1-2H3,(H,17,18,19). The van der Waals surface area contributed by atoms with E-state index in [4.69, 9.17) is 14.7 Å². The van der Waals surface area contributed by atoms with Gasteiger partial charge in [-0.15, -0.1) is 11.3 Å². The van der Waals surface area contributed by atoms with Gasteiger partial charge in [-0.3, -0.25) is 10.1 Å². The van der Waals surface area contributed by atoms with E-state index in [1.165, 1.54) is 31.6 Å². The van der Waals surface area contributed by atoms with Crippen LogP contribution in [0.2, 0.25) is 0 Å². The Morgan fingerprint density at radius 2 is 2.14 bits per heavy atom. The van der Waals surface area contributed by atoms with Crippen LogP contribution in [0.25, 0.3) is 6.08 Å². The van der Waals surface area contributed by atoms with E-state index in [2.05, 4.69) is 10.3 Å². The second kappa shape index (κ2) is 7.24. The van der Waals surface area contributed by atoms with Crippen molar-refractivity contribution < 1.29 is 14.3 Å². The second-order valence-electron chi connectivity index (χ2n) is 4.08. The van der Waals surface area contributed by atoms with Gasteiger partial charge < -0.3 is 9.47 Å². The number of thiazole rings is 1. The van der Waals surface area contributed by atoms with Crippen LogP contribution in [0.15, 0.2) is 35.3 Å². The number of nitriles is 1. The minimum Gasteiger partial charge on any atom is -0.493 e. The number of nitrogens with one attached hydrogen (secondary N) is 1. The first kappa shape index (κ1) is 15.5. The summed E-state index contributed by atoms with van der Waals surface area (Å²) >= 11 is 1.28. The van der Waals surface area contributed by atoms with Gasteiger partial charge in [0.1, 0.15) is 11.6 Å². The van der Waals surface area contributed by atoms with Gasteiger partial charge in [0.05, 0.1) is 14.2 Å². The molecule has 0 unspecified atom stereocenters. The molecule has 0 fully saturated rings. The van der Waals surface area contributed by atoms with Gasteiger partial charge in [0.2, 0.25) is 0 Å². The molecule has 1 aromatic carbocycles. The monoisotopic (exact) mass is 315 g/mol. The Morgan fingerprint density at radius 3 is 2.73 bits per heavy atom. The minimum atomic E-state index is -0.507. The van der Waals surface area contributed by atoms with Crippen LogP contribution in [0.4, 0.5) is 5.13 Å². The van der Waals surface area contributed by atoms with Gasteiger partial charge in [-0.2, -0.15) is 5.26 Å². The van der Waals surface area contributed by atoms with E-state index < -0.39 is 5.91 Å². The molecule has 0 saturated carbocycles. The maximum Gasteiger partial charge on any atom is 0.268 e. The summed E-state index contributed by atoms with van der Waals surface area (Å²) in [4.78, 5) is 16.0. The quantitative estimate of drug-likeness (QED) is 0.677. The summed E-state index contributed by atoms with van der Waals surface area (Å²) in [6, 6.07) is 7.01. The number of amides is 1. The van der Waals surface area contributed by atoms with Gasteiger partial charge in [-0.25, -0.2) is 4.98 Å². The van der Waals surface area contributed by atoms with E-state index in [-0.39, 0.29) is 5.57 Å². The third-order valence-electron chi connectivity index (χ3n) is 2.74. The van der Waals surface area contributed by atoms with Crippen LogP contribution in [0, 0.1) is 11.3 Å². The van der Waals surface area contributed by atoms with Crippen molar-refractivity contribution in [1.29, 1.82) is 5.26 Å². The smallest absolute Gasteiger partial charge is 0.268 e. The molecule has 0 aliphatic carbocycles. The molecule has 1 aromatic heterocycles. The zero-order valence-corrected chi connectivity index (χ0v) is 12.8. The van der Waals surface area contributed by atoms with Crippen molar-refractivity contribution in [3.63, 3.8) is 0 Å². The first-order chi connectivity index (χ1) is 10.7. The molecule has 1 N–H and O–H groups in total. The number of carbonyl (C=O) groups excluding carboxylic acids is 1. The molecule has 6 nitrogen and oxygen atoms in total. The maximum atomic E-state index is 12.0. The first-order valence-corrected chi connectivity index (χ1v) is 7.10. The van der Waals surface area contributed by atoms with E-state index in [1.807, 2.05) is 6.07 Å². The molecule has 22 heavy (non-hydrogen) atoms. The average molecular weight is 315 g/mol. The summed E-state index contributed by atoms with van der Waals surface area (Å²) in [5.74, 6) is 0.589. The number of ether oxygens (including phenoxy) is 2. The van der Waals surface area contributed by atoms with E-state index in [9.17, 15) is 4.79 Å². The number of hydrogen-bond donors (Lipinski definition) is 1. The summed E-state index contributed by atoms with van der Waals surface area (Å²) < 4.78 is 10.3. The van der Waals surface area contributed by atoms with E-state index in [0.29, 0.717) is 22.2 Å². The summed E-state index contributed by atoms with van der Waals surface area (Å²) in [7, 11) is 3.06. The molecule has 0 aliphatic heterocycles. The molecule has 0 saturated heterocycles. The van der Waals surface area contributed by atoms with Crippen molar-refractivity contribution in [3.8, 4) is 17.6 Å². The van der Waals surface area contributed by atoms with Crippen LogP contribution in [-0.4, -0.2) is 25.1 Å². The number of anilines is 1. The Hall–Kier alpha value is -2.85. The molecule has 1 amide bonds. The van der Waals surface area contributed by atoms with Crippen molar-refractivity contribution in [2.24, 2.45) is 0 Å². The fourth-order valence-corrected chi connectivity index (χ4v) is 2.23. The average Bonchev–Trinajstić information content (AvgIpc) is 3.05. The lowest BCUT2D eigenvalue weighted by atomic mass is 10.1. The van der Waals surface area contributed by atoms with E-state index in [1.54, 1.807) is 29.8 Å². The van der Waals surface area contributed by atoms with Gasteiger partial charge in [-0.1, -0.05) is 6.07 Å². The normalized spacial score (nSPS) is 10.7. The Labute approximate surface area is 131 Å². The number of carbonyl (C=O) groups is 1. The zero-order chi connectivity index (χ0) is 15.9. The fourth-order valence-electron chi connectivity index (χ4n) is 1.71. The van der Waals surface area contributed by atoms with Gasteiger partial charge in [-0.05, 0) is 23.8 Å². The Balaban J connectivity index is 2.25. The topological polar surface area (TPSA) is 84.2 Å². The summed E-state index contributed by atoms with van der Waals surface area (Å²) in [5, 5.41) is 13.9. The third kappa shape index (κ3) is 3.62. The van der Waals surface area contributed by atoms with Crippen molar-refractivity contribution in [2.45, 2.75) is 0 Å². The van der Waals surface area contributed by atoms with Crippen LogP contribution < -0.4 is 14.8 Å². The predicted octanol–water partition coefficient (Wildman–Crippen LogP) is 2.71. The van der Waals surface area contributed by atoms with Gasteiger partial charge in [0, 0.05) is 11.6 Å². The molecular formula is C15H13N3O3S.